The molecule has 1 heterocycles. The summed E-state index contributed by atoms with van der Waals surface area (Å²) >= 11 is 3.29. The maximum atomic E-state index is 12.0. The van der Waals surface area contributed by atoms with E-state index in [2.05, 4.69) is 21.2 Å². The minimum atomic E-state index is -0.319. The number of benzene rings is 1. The van der Waals surface area contributed by atoms with Gasteiger partial charge in [0.2, 0.25) is 5.91 Å². The number of hydrogen-bond acceptors (Lipinski definition) is 3. The normalized spacial score (nSPS) is 14.2. The van der Waals surface area contributed by atoms with E-state index in [0.29, 0.717) is 11.3 Å². The Balaban J connectivity index is 0.00000220. The number of hydrogen-bond donors (Lipinski definition) is 2. The molecule has 0 spiro atoms. The number of piperidine rings is 1. The maximum absolute atomic E-state index is 12.0. The monoisotopic (exact) mass is 375 g/mol. The van der Waals surface area contributed by atoms with Gasteiger partial charge in [-0.1, -0.05) is 15.9 Å². The van der Waals surface area contributed by atoms with Crippen molar-refractivity contribution in [2.75, 3.05) is 25.4 Å². The summed E-state index contributed by atoms with van der Waals surface area (Å²) < 4.78 is 0.816. The van der Waals surface area contributed by atoms with Crippen molar-refractivity contribution in [1.82, 2.24) is 10.2 Å². The van der Waals surface area contributed by atoms with Crippen LogP contribution in [0.15, 0.2) is 22.7 Å². The first-order chi connectivity index (χ1) is 9.58. The van der Waals surface area contributed by atoms with E-state index in [1.807, 2.05) is 0 Å². The van der Waals surface area contributed by atoms with Gasteiger partial charge in [-0.25, -0.2) is 0 Å². The first-order valence-electron chi connectivity index (χ1n) is 6.69. The molecule has 0 unspecified atom stereocenters. The number of amides is 2. The van der Waals surface area contributed by atoms with Gasteiger partial charge in [-0.3, -0.25) is 9.59 Å². The smallest absolute Gasteiger partial charge is 0.253 e. The van der Waals surface area contributed by atoms with E-state index in [4.69, 9.17) is 5.73 Å². The van der Waals surface area contributed by atoms with Crippen LogP contribution in [0.25, 0.3) is 0 Å². The van der Waals surface area contributed by atoms with Crippen LogP contribution in [0.5, 0.6) is 0 Å². The van der Waals surface area contributed by atoms with E-state index in [0.717, 1.165) is 30.4 Å². The first-order valence-corrected chi connectivity index (χ1v) is 7.48. The van der Waals surface area contributed by atoms with Gasteiger partial charge in [0, 0.05) is 23.2 Å². The zero-order valence-electron chi connectivity index (χ0n) is 11.6. The van der Waals surface area contributed by atoms with Gasteiger partial charge in [-0.2, -0.15) is 0 Å². The van der Waals surface area contributed by atoms with Crippen LogP contribution in [0, 0.1) is 0 Å². The SMILES string of the molecule is Cl.Nc1cc(Br)ccc1C(=O)NCC(=O)N1CCCCC1. The second kappa shape index (κ2) is 8.24. The lowest BCUT2D eigenvalue weighted by molar-refractivity contribution is -0.130. The lowest BCUT2D eigenvalue weighted by Gasteiger charge is -2.26. The molecule has 1 aliphatic rings. The average molecular weight is 377 g/mol. The number of halogens is 2. The van der Waals surface area contributed by atoms with Crippen molar-refractivity contribution in [1.29, 1.82) is 0 Å². The van der Waals surface area contributed by atoms with Crippen LogP contribution < -0.4 is 11.1 Å². The molecule has 5 nitrogen and oxygen atoms in total. The second-order valence-electron chi connectivity index (χ2n) is 4.86. The fourth-order valence-corrected chi connectivity index (χ4v) is 2.63. The van der Waals surface area contributed by atoms with Crippen molar-refractivity contribution >= 4 is 45.8 Å². The quantitative estimate of drug-likeness (QED) is 0.794. The first kappa shape index (κ1) is 17.8. The number of nitrogens with one attached hydrogen (secondary N) is 1. The highest BCUT2D eigenvalue weighted by atomic mass is 79.9. The van der Waals surface area contributed by atoms with Crippen molar-refractivity contribution in [3.63, 3.8) is 0 Å². The number of likely N-dealkylation sites (tertiary alicyclic amines) is 1. The zero-order chi connectivity index (χ0) is 14.5. The summed E-state index contributed by atoms with van der Waals surface area (Å²) in [7, 11) is 0. The number of carbonyl (C=O) groups excluding carboxylic acids is 2. The highest BCUT2D eigenvalue weighted by Gasteiger charge is 2.17. The number of nitrogens with zero attached hydrogens (tertiary/aromatic N) is 1. The van der Waals surface area contributed by atoms with E-state index in [1.165, 1.54) is 6.42 Å². The molecule has 0 bridgehead atoms. The number of nitrogen functional groups attached to an aromatic ring is 1. The van der Waals surface area contributed by atoms with Crippen LogP contribution in [0.1, 0.15) is 29.6 Å². The standard InChI is InChI=1S/C14H18BrN3O2.ClH/c15-10-4-5-11(12(16)8-10)14(20)17-9-13(19)18-6-2-1-3-7-18;/h4-5,8H,1-3,6-7,9,16H2,(H,17,20);1H. The van der Waals surface area contributed by atoms with Gasteiger partial charge < -0.3 is 16.0 Å². The van der Waals surface area contributed by atoms with E-state index >= 15 is 0 Å². The number of nitrogens with two attached hydrogens (primary N) is 1. The highest BCUT2D eigenvalue weighted by Crippen LogP contribution is 2.18. The average Bonchev–Trinajstić information content (AvgIpc) is 2.45. The molecule has 1 aromatic rings. The van der Waals surface area contributed by atoms with Gasteiger partial charge in [-0.15, -0.1) is 12.4 Å². The minimum absolute atomic E-state index is 0. The predicted molar refractivity (Wildman–Crippen MR) is 88.6 cm³/mol. The van der Waals surface area contributed by atoms with Crippen LogP contribution in [0.3, 0.4) is 0 Å². The van der Waals surface area contributed by atoms with Crippen LogP contribution in [-0.4, -0.2) is 36.3 Å². The molecule has 0 atom stereocenters. The summed E-state index contributed by atoms with van der Waals surface area (Å²) in [6.45, 7) is 1.60. The molecule has 1 aromatic carbocycles. The van der Waals surface area contributed by atoms with Crippen molar-refractivity contribution in [2.45, 2.75) is 19.3 Å². The van der Waals surface area contributed by atoms with Crippen LogP contribution >= 0.6 is 28.3 Å². The van der Waals surface area contributed by atoms with Crippen molar-refractivity contribution in [3.8, 4) is 0 Å². The van der Waals surface area contributed by atoms with Crippen molar-refractivity contribution in [2.24, 2.45) is 0 Å². The molecule has 21 heavy (non-hydrogen) atoms. The summed E-state index contributed by atoms with van der Waals surface area (Å²) in [6.07, 6.45) is 3.25. The Kier molecular flexibility index (Phi) is 6.98. The Morgan fingerprint density at radius 2 is 1.90 bits per heavy atom. The Bertz CT molecular complexity index is 519. The van der Waals surface area contributed by atoms with Gasteiger partial charge in [0.25, 0.3) is 5.91 Å². The largest absolute Gasteiger partial charge is 0.398 e. The topological polar surface area (TPSA) is 75.4 Å². The third kappa shape index (κ3) is 4.89. The molecule has 116 valence electrons. The molecular formula is C14H19BrClN3O2. The van der Waals surface area contributed by atoms with E-state index in [-0.39, 0.29) is 30.8 Å². The summed E-state index contributed by atoms with van der Waals surface area (Å²) in [5.74, 6) is -0.353. The molecule has 2 rings (SSSR count). The van der Waals surface area contributed by atoms with Crippen LogP contribution in [0.4, 0.5) is 5.69 Å². The lowest BCUT2D eigenvalue weighted by atomic mass is 10.1. The summed E-state index contributed by atoms with van der Waals surface area (Å²) in [5.41, 5.74) is 6.56. The number of rotatable bonds is 3. The molecular weight excluding hydrogens is 358 g/mol. The van der Waals surface area contributed by atoms with E-state index in [9.17, 15) is 9.59 Å². The van der Waals surface area contributed by atoms with Crippen molar-refractivity contribution < 1.29 is 9.59 Å². The molecule has 0 aromatic heterocycles. The highest BCUT2D eigenvalue weighted by molar-refractivity contribution is 9.10. The van der Waals surface area contributed by atoms with E-state index < -0.39 is 0 Å². The third-order valence-corrected chi connectivity index (χ3v) is 3.86. The van der Waals surface area contributed by atoms with Crippen molar-refractivity contribution in [3.05, 3.63) is 28.2 Å². The summed E-state index contributed by atoms with van der Waals surface area (Å²) in [4.78, 5) is 25.7. The zero-order valence-corrected chi connectivity index (χ0v) is 14.0. The van der Waals surface area contributed by atoms with Gasteiger partial charge in [-0.05, 0) is 37.5 Å². The third-order valence-electron chi connectivity index (χ3n) is 3.37. The van der Waals surface area contributed by atoms with E-state index in [1.54, 1.807) is 23.1 Å². The van der Waals surface area contributed by atoms with Gasteiger partial charge in [0.15, 0.2) is 0 Å². The molecule has 1 saturated heterocycles. The van der Waals surface area contributed by atoms with Gasteiger partial charge in [0.05, 0.1) is 12.1 Å². The Labute approximate surface area is 138 Å². The molecule has 2 amide bonds. The van der Waals surface area contributed by atoms with Gasteiger partial charge in [0.1, 0.15) is 0 Å². The van der Waals surface area contributed by atoms with Crippen LogP contribution in [-0.2, 0) is 4.79 Å². The Morgan fingerprint density at radius 3 is 2.52 bits per heavy atom. The molecule has 7 heteroatoms. The Morgan fingerprint density at radius 1 is 1.24 bits per heavy atom. The minimum Gasteiger partial charge on any atom is -0.398 e. The maximum Gasteiger partial charge on any atom is 0.253 e. The fourth-order valence-electron chi connectivity index (χ4n) is 2.25. The summed E-state index contributed by atoms with van der Waals surface area (Å²) in [5, 5.41) is 2.63. The number of carbonyl (C=O) groups is 2. The van der Waals surface area contributed by atoms with Gasteiger partial charge >= 0.3 is 0 Å². The second-order valence-corrected chi connectivity index (χ2v) is 5.77. The predicted octanol–water partition coefficient (Wildman–Crippen LogP) is 2.20. The molecule has 0 radical (unpaired) electrons. The molecule has 1 aliphatic heterocycles. The molecule has 0 aliphatic carbocycles. The number of anilines is 1. The van der Waals surface area contributed by atoms with Crippen LogP contribution in [0.2, 0.25) is 0 Å². The lowest BCUT2D eigenvalue weighted by Crippen LogP contribution is -2.42. The fraction of sp³-hybridized carbons (Fsp3) is 0.429. The molecule has 3 N–H and O–H groups in total. The summed E-state index contributed by atoms with van der Waals surface area (Å²) in [6, 6.07) is 5.05. The molecule has 1 fully saturated rings. The Hall–Kier alpha value is -1.27. The molecule has 0 saturated carbocycles.